The molecule has 3 nitrogen and oxygen atoms in total. The zero-order valence-electron chi connectivity index (χ0n) is 9.12. The molecular formula is C10H12F3NO2S. The van der Waals surface area contributed by atoms with Gasteiger partial charge in [-0.25, -0.2) is 0 Å². The Labute approximate surface area is 100 Å². The van der Waals surface area contributed by atoms with E-state index < -0.39 is 25.2 Å². The molecule has 0 radical (unpaired) electrons. The molecule has 1 N–H and O–H groups in total. The minimum Gasteiger partial charge on any atom is -0.395 e. The molecule has 1 amide bonds. The standard InChI is InChI=1S/C10H12F3NO2S/c1-7-2-5-17-8(7)9(16)14(3-4-15)6-10(11,12)13/h2,5,15H,3-4,6H2,1H3. The van der Waals surface area contributed by atoms with Crippen molar-refractivity contribution in [1.82, 2.24) is 4.90 Å². The first-order valence-corrected chi connectivity index (χ1v) is 5.74. The van der Waals surface area contributed by atoms with Gasteiger partial charge in [0.2, 0.25) is 0 Å². The summed E-state index contributed by atoms with van der Waals surface area (Å²) in [6.45, 7) is -0.500. The molecule has 1 rings (SSSR count). The lowest BCUT2D eigenvalue weighted by atomic mass is 10.2. The molecule has 0 bridgehead atoms. The fourth-order valence-corrected chi connectivity index (χ4v) is 2.22. The molecule has 96 valence electrons. The molecular weight excluding hydrogens is 255 g/mol. The summed E-state index contributed by atoms with van der Waals surface area (Å²) in [6.07, 6.45) is -4.46. The predicted octanol–water partition coefficient (Wildman–Crippen LogP) is 2.05. The van der Waals surface area contributed by atoms with Crippen molar-refractivity contribution in [1.29, 1.82) is 0 Å². The zero-order valence-corrected chi connectivity index (χ0v) is 9.94. The van der Waals surface area contributed by atoms with E-state index in [0.717, 1.165) is 11.3 Å². The highest BCUT2D eigenvalue weighted by molar-refractivity contribution is 7.12. The fraction of sp³-hybridized carbons (Fsp3) is 0.500. The molecule has 7 heteroatoms. The van der Waals surface area contributed by atoms with Crippen molar-refractivity contribution in [3.05, 3.63) is 21.9 Å². The SMILES string of the molecule is Cc1ccsc1C(=O)N(CCO)CC(F)(F)F. The Morgan fingerprint density at radius 2 is 2.18 bits per heavy atom. The molecule has 0 unspecified atom stereocenters. The second-order valence-corrected chi connectivity index (χ2v) is 4.41. The van der Waals surface area contributed by atoms with Gasteiger partial charge >= 0.3 is 6.18 Å². The van der Waals surface area contributed by atoms with Crippen LogP contribution in [-0.2, 0) is 0 Å². The van der Waals surface area contributed by atoms with Gasteiger partial charge in [0.05, 0.1) is 11.5 Å². The summed E-state index contributed by atoms with van der Waals surface area (Å²) in [4.78, 5) is 12.7. The number of halogens is 3. The molecule has 0 saturated heterocycles. The summed E-state index contributed by atoms with van der Waals surface area (Å²) in [6, 6.07) is 1.67. The number of aryl methyl sites for hydroxylation is 1. The van der Waals surface area contributed by atoms with Gasteiger partial charge in [0.15, 0.2) is 0 Å². The molecule has 0 aromatic carbocycles. The van der Waals surface area contributed by atoms with Crippen LogP contribution in [0.4, 0.5) is 13.2 Å². The molecule has 0 atom stereocenters. The lowest BCUT2D eigenvalue weighted by Crippen LogP contribution is -2.40. The van der Waals surface area contributed by atoms with Gasteiger partial charge < -0.3 is 10.0 Å². The van der Waals surface area contributed by atoms with Gasteiger partial charge in [0.1, 0.15) is 6.54 Å². The van der Waals surface area contributed by atoms with Crippen molar-refractivity contribution in [3.8, 4) is 0 Å². The number of thiophene rings is 1. The Morgan fingerprint density at radius 1 is 1.53 bits per heavy atom. The third-order valence-corrected chi connectivity index (χ3v) is 3.09. The van der Waals surface area contributed by atoms with Crippen LogP contribution < -0.4 is 0 Å². The quantitative estimate of drug-likeness (QED) is 0.907. The van der Waals surface area contributed by atoms with Crippen molar-refractivity contribution >= 4 is 17.2 Å². The fourth-order valence-electron chi connectivity index (χ4n) is 1.32. The van der Waals surface area contributed by atoms with E-state index in [-0.39, 0.29) is 11.4 Å². The van der Waals surface area contributed by atoms with Gasteiger partial charge in [-0.05, 0) is 23.9 Å². The summed E-state index contributed by atoms with van der Waals surface area (Å²) in [5.41, 5.74) is 0.644. The van der Waals surface area contributed by atoms with Crippen LogP contribution in [0, 0.1) is 6.92 Å². The maximum absolute atomic E-state index is 12.3. The molecule has 0 aliphatic heterocycles. The average molecular weight is 267 g/mol. The number of nitrogens with zero attached hydrogens (tertiary/aromatic N) is 1. The minimum absolute atomic E-state index is 0.280. The number of hydrogen-bond donors (Lipinski definition) is 1. The van der Waals surface area contributed by atoms with Crippen LogP contribution in [0.25, 0.3) is 0 Å². The Bertz CT molecular complexity index is 389. The summed E-state index contributed by atoms with van der Waals surface area (Å²) in [5.74, 6) is -0.691. The van der Waals surface area contributed by atoms with E-state index in [2.05, 4.69) is 0 Å². The molecule has 1 aromatic heterocycles. The Hall–Kier alpha value is -1.08. The first-order chi connectivity index (χ1) is 7.85. The first kappa shape index (κ1) is 14.0. The van der Waals surface area contributed by atoms with Gasteiger partial charge in [-0.3, -0.25) is 4.79 Å². The van der Waals surface area contributed by atoms with Gasteiger partial charge in [-0.1, -0.05) is 0 Å². The van der Waals surface area contributed by atoms with Crippen LogP contribution in [0.15, 0.2) is 11.4 Å². The van der Waals surface area contributed by atoms with Crippen LogP contribution >= 0.6 is 11.3 Å². The number of rotatable bonds is 4. The zero-order chi connectivity index (χ0) is 13.1. The molecule has 1 aromatic rings. The normalized spacial score (nSPS) is 11.6. The largest absolute Gasteiger partial charge is 0.406 e. The van der Waals surface area contributed by atoms with Gasteiger partial charge in [-0.15, -0.1) is 11.3 Å². The number of alkyl halides is 3. The Morgan fingerprint density at radius 3 is 2.59 bits per heavy atom. The van der Waals surface area contributed by atoms with E-state index in [1.165, 1.54) is 0 Å². The van der Waals surface area contributed by atoms with E-state index in [1.54, 1.807) is 18.4 Å². The minimum atomic E-state index is -4.46. The second-order valence-electron chi connectivity index (χ2n) is 3.50. The monoisotopic (exact) mass is 267 g/mol. The van der Waals surface area contributed by atoms with Gasteiger partial charge in [0, 0.05) is 6.54 Å². The molecule has 0 aliphatic rings. The van der Waals surface area contributed by atoms with Crippen LogP contribution in [0.1, 0.15) is 15.2 Å². The lowest BCUT2D eigenvalue weighted by Gasteiger charge is -2.22. The molecule has 1 heterocycles. The second kappa shape index (κ2) is 5.50. The van der Waals surface area contributed by atoms with E-state index in [0.29, 0.717) is 10.5 Å². The number of amides is 1. The van der Waals surface area contributed by atoms with Gasteiger partial charge in [-0.2, -0.15) is 13.2 Å². The highest BCUT2D eigenvalue weighted by Gasteiger charge is 2.33. The first-order valence-electron chi connectivity index (χ1n) is 4.86. The van der Waals surface area contributed by atoms with Crippen LogP contribution in [-0.4, -0.2) is 41.8 Å². The third-order valence-electron chi connectivity index (χ3n) is 2.08. The van der Waals surface area contributed by atoms with E-state index in [4.69, 9.17) is 5.11 Å². The van der Waals surface area contributed by atoms with Crippen LogP contribution in [0.5, 0.6) is 0 Å². The number of carbonyl (C=O) groups is 1. The average Bonchev–Trinajstić information content (AvgIpc) is 2.61. The van der Waals surface area contributed by atoms with Crippen LogP contribution in [0.2, 0.25) is 0 Å². The highest BCUT2D eigenvalue weighted by atomic mass is 32.1. The van der Waals surface area contributed by atoms with Gasteiger partial charge in [0.25, 0.3) is 5.91 Å². The number of aliphatic hydroxyl groups excluding tert-OH is 1. The molecule has 0 aliphatic carbocycles. The van der Waals surface area contributed by atoms with E-state index in [1.807, 2.05) is 0 Å². The Balaban J connectivity index is 2.84. The topological polar surface area (TPSA) is 40.5 Å². The van der Waals surface area contributed by atoms with Crippen molar-refractivity contribution in [2.24, 2.45) is 0 Å². The van der Waals surface area contributed by atoms with Crippen molar-refractivity contribution in [2.75, 3.05) is 19.7 Å². The molecule has 17 heavy (non-hydrogen) atoms. The van der Waals surface area contributed by atoms with Crippen molar-refractivity contribution < 1.29 is 23.1 Å². The molecule has 0 saturated carbocycles. The summed E-state index contributed by atoms with van der Waals surface area (Å²) >= 11 is 1.10. The number of aliphatic hydroxyl groups is 1. The van der Waals surface area contributed by atoms with E-state index >= 15 is 0 Å². The third kappa shape index (κ3) is 4.01. The van der Waals surface area contributed by atoms with Crippen LogP contribution in [0.3, 0.4) is 0 Å². The highest BCUT2D eigenvalue weighted by Crippen LogP contribution is 2.21. The summed E-state index contributed by atoms with van der Waals surface area (Å²) < 4.78 is 36.8. The number of carbonyl (C=O) groups excluding carboxylic acids is 1. The van der Waals surface area contributed by atoms with Crippen molar-refractivity contribution in [2.45, 2.75) is 13.1 Å². The predicted molar refractivity (Wildman–Crippen MR) is 58.1 cm³/mol. The Kier molecular flexibility index (Phi) is 4.53. The maximum Gasteiger partial charge on any atom is 0.406 e. The smallest absolute Gasteiger partial charge is 0.395 e. The summed E-state index contributed by atoms with van der Waals surface area (Å²) in [5, 5.41) is 10.3. The summed E-state index contributed by atoms with van der Waals surface area (Å²) in [7, 11) is 0. The lowest BCUT2D eigenvalue weighted by molar-refractivity contribution is -0.141. The molecule has 0 fully saturated rings. The van der Waals surface area contributed by atoms with E-state index in [9.17, 15) is 18.0 Å². The maximum atomic E-state index is 12.3. The van der Waals surface area contributed by atoms with Crippen molar-refractivity contribution in [3.63, 3.8) is 0 Å². The number of hydrogen-bond acceptors (Lipinski definition) is 3. The molecule has 0 spiro atoms.